The first-order valence-electron chi connectivity index (χ1n) is 11.8. The van der Waals surface area contributed by atoms with E-state index in [-0.39, 0.29) is 22.9 Å². The van der Waals surface area contributed by atoms with Crippen LogP contribution in [0.4, 0.5) is 0 Å². The third-order valence-corrected chi connectivity index (χ3v) is 10.4. The van der Waals surface area contributed by atoms with Crippen molar-refractivity contribution in [1.29, 1.82) is 0 Å². The monoisotopic (exact) mass is 463 g/mol. The Morgan fingerprint density at radius 2 is 1.78 bits per heavy atom. The van der Waals surface area contributed by atoms with Crippen molar-refractivity contribution in [2.45, 2.75) is 57.5 Å². The van der Waals surface area contributed by atoms with Crippen molar-refractivity contribution < 1.29 is 27.4 Å². The van der Waals surface area contributed by atoms with Crippen LogP contribution < -0.4 is 9.47 Å². The number of benzene rings is 1. The molecule has 2 aliphatic heterocycles. The van der Waals surface area contributed by atoms with E-state index in [9.17, 15) is 13.2 Å². The number of esters is 1. The molecule has 7 nitrogen and oxygen atoms in total. The van der Waals surface area contributed by atoms with Gasteiger partial charge >= 0.3 is 5.97 Å². The summed E-state index contributed by atoms with van der Waals surface area (Å²) >= 11 is 0. The van der Waals surface area contributed by atoms with Gasteiger partial charge in [-0.15, -0.1) is 0 Å². The van der Waals surface area contributed by atoms with Gasteiger partial charge in [0.2, 0.25) is 10.0 Å². The van der Waals surface area contributed by atoms with Crippen LogP contribution in [0.25, 0.3) is 0 Å². The Morgan fingerprint density at radius 1 is 1.09 bits per heavy atom. The highest BCUT2D eigenvalue weighted by Crippen LogP contribution is 2.61. The second kappa shape index (κ2) is 7.90. The van der Waals surface area contributed by atoms with Gasteiger partial charge in [-0.1, -0.05) is 20.8 Å². The molecule has 3 saturated carbocycles. The molecule has 8 heteroatoms. The van der Waals surface area contributed by atoms with Crippen LogP contribution >= 0.6 is 0 Å². The highest BCUT2D eigenvalue weighted by atomic mass is 32.2. The first kappa shape index (κ1) is 22.0. The lowest BCUT2D eigenvalue weighted by Crippen LogP contribution is -2.57. The summed E-state index contributed by atoms with van der Waals surface area (Å²) in [5.41, 5.74) is 0.357. The second-order valence-electron chi connectivity index (χ2n) is 10.4. The molecular weight excluding hydrogens is 430 g/mol. The van der Waals surface area contributed by atoms with Crippen LogP contribution in [-0.4, -0.2) is 51.1 Å². The molecule has 1 aromatic rings. The number of nitrogens with zero attached hydrogens (tertiary/aromatic N) is 1. The molecule has 6 rings (SSSR count). The summed E-state index contributed by atoms with van der Waals surface area (Å²) < 4.78 is 44.7. The molecule has 32 heavy (non-hydrogen) atoms. The predicted molar refractivity (Wildman–Crippen MR) is 118 cm³/mol. The average molecular weight is 464 g/mol. The molecule has 2 heterocycles. The van der Waals surface area contributed by atoms with Gasteiger partial charge in [-0.2, -0.15) is 4.31 Å². The average Bonchev–Trinajstić information content (AvgIpc) is 2.79. The maximum atomic E-state index is 13.1. The molecule has 176 valence electrons. The van der Waals surface area contributed by atoms with Crippen LogP contribution in [0.1, 0.15) is 46.5 Å². The van der Waals surface area contributed by atoms with E-state index in [4.69, 9.17) is 14.2 Å². The highest BCUT2D eigenvalue weighted by Gasteiger charge is 2.57. The van der Waals surface area contributed by atoms with Crippen LogP contribution in [0.3, 0.4) is 0 Å². The number of sulfonamides is 1. The largest absolute Gasteiger partial charge is 0.486 e. The van der Waals surface area contributed by atoms with Crippen molar-refractivity contribution in [2.24, 2.45) is 29.1 Å². The number of hydrogen-bond donors (Lipinski definition) is 0. The van der Waals surface area contributed by atoms with Gasteiger partial charge in [0, 0.05) is 19.2 Å². The molecule has 1 saturated heterocycles. The normalized spacial score (nSPS) is 32.1. The van der Waals surface area contributed by atoms with Gasteiger partial charge in [0.05, 0.1) is 10.8 Å². The lowest BCUT2D eigenvalue weighted by molar-refractivity contribution is -0.190. The summed E-state index contributed by atoms with van der Waals surface area (Å²) in [7, 11) is -3.65. The van der Waals surface area contributed by atoms with E-state index in [2.05, 4.69) is 20.8 Å². The van der Waals surface area contributed by atoms with Crippen LogP contribution in [-0.2, 0) is 19.6 Å². The molecule has 4 fully saturated rings. The molecule has 4 unspecified atom stereocenters. The first-order valence-corrected chi connectivity index (χ1v) is 13.2. The third-order valence-electron chi connectivity index (χ3n) is 8.49. The number of rotatable bonds is 4. The van der Waals surface area contributed by atoms with Gasteiger partial charge in [-0.3, -0.25) is 4.79 Å². The Kier molecular flexibility index (Phi) is 5.44. The summed E-state index contributed by atoms with van der Waals surface area (Å²) in [6, 6.07) is 4.73. The summed E-state index contributed by atoms with van der Waals surface area (Å²) in [6.07, 6.45) is 3.18. The van der Waals surface area contributed by atoms with Crippen LogP contribution in [0.2, 0.25) is 0 Å². The number of carbonyl (C=O) groups is 1. The number of piperidine rings is 1. The summed E-state index contributed by atoms with van der Waals surface area (Å²) in [5.74, 6) is 2.27. The molecular formula is C24H33NO6S. The van der Waals surface area contributed by atoms with Crippen molar-refractivity contribution in [3.8, 4) is 11.5 Å². The van der Waals surface area contributed by atoms with Gasteiger partial charge in [0.15, 0.2) is 11.5 Å². The fourth-order valence-electron chi connectivity index (χ4n) is 6.17. The molecule has 0 aromatic heterocycles. The molecule has 0 radical (unpaired) electrons. The molecule has 0 amide bonds. The van der Waals surface area contributed by atoms with E-state index in [0.29, 0.717) is 73.8 Å². The number of hydrogen-bond acceptors (Lipinski definition) is 6. The van der Waals surface area contributed by atoms with E-state index in [0.717, 1.165) is 6.42 Å². The zero-order valence-electron chi connectivity index (χ0n) is 19.1. The minimum absolute atomic E-state index is 0.00116. The third kappa shape index (κ3) is 3.59. The van der Waals surface area contributed by atoms with E-state index >= 15 is 0 Å². The molecule has 0 spiro atoms. The fourth-order valence-corrected chi connectivity index (χ4v) is 7.65. The molecule has 4 atom stereocenters. The Balaban J connectivity index is 1.18. The minimum atomic E-state index is -3.65. The SMILES string of the molecule is CC1C(OC(=O)C2CCN(S(=O)(=O)c3ccc4c(c3)OCCO4)CC2)CC2CC1C2(C)C. The number of ether oxygens (including phenoxy) is 3. The Hall–Kier alpha value is -1.80. The minimum Gasteiger partial charge on any atom is -0.486 e. The fraction of sp³-hybridized carbons (Fsp3) is 0.708. The summed E-state index contributed by atoms with van der Waals surface area (Å²) in [4.78, 5) is 13.1. The second-order valence-corrected chi connectivity index (χ2v) is 12.4. The maximum Gasteiger partial charge on any atom is 0.309 e. The van der Waals surface area contributed by atoms with Crippen molar-refractivity contribution in [1.82, 2.24) is 4.31 Å². The molecule has 0 N–H and O–H groups in total. The molecule has 3 aliphatic carbocycles. The van der Waals surface area contributed by atoms with E-state index in [1.807, 2.05) is 0 Å². The van der Waals surface area contributed by atoms with Crippen LogP contribution in [0, 0.1) is 29.1 Å². The van der Waals surface area contributed by atoms with Gasteiger partial charge < -0.3 is 14.2 Å². The Bertz CT molecular complexity index is 998. The molecule has 1 aromatic carbocycles. The lowest BCUT2D eigenvalue weighted by Gasteiger charge is -2.61. The smallest absolute Gasteiger partial charge is 0.309 e. The topological polar surface area (TPSA) is 82.1 Å². The van der Waals surface area contributed by atoms with Crippen LogP contribution in [0.5, 0.6) is 11.5 Å². The Morgan fingerprint density at radius 3 is 2.44 bits per heavy atom. The Labute approximate surface area is 190 Å². The molecule has 5 aliphatic rings. The van der Waals surface area contributed by atoms with E-state index < -0.39 is 10.0 Å². The quantitative estimate of drug-likeness (QED) is 0.636. The van der Waals surface area contributed by atoms with Gasteiger partial charge in [-0.05, 0) is 61.0 Å². The van der Waals surface area contributed by atoms with Gasteiger partial charge in [0.1, 0.15) is 19.3 Å². The lowest BCUT2D eigenvalue weighted by atomic mass is 9.45. The summed E-state index contributed by atoms with van der Waals surface area (Å²) in [6.45, 7) is 8.37. The first-order chi connectivity index (χ1) is 15.2. The van der Waals surface area contributed by atoms with E-state index in [1.54, 1.807) is 12.1 Å². The van der Waals surface area contributed by atoms with Gasteiger partial charge in [-0.25, -0.2) is 8.42 Å². The number of fused-ring (bicyclic) bond motifs is 3. The zero-order chi connectivity index (χ0) is 22.7. The van der Waals surface area contributed by atoms with Crippen molar-refractivity contribution in [2.75, 3.05) is 26.3 Å². The molecule has 2 bridgehead atoms. The van der Waals surface area contributed by atoms with E-state index in [1.165, 1.54) is 16.8 Å². The summed E-state index contributed by atoms with van der Waals surface area (Å²) in [5, 5.41) is 0. The number of carbonyl (C=O) groups excluding carboxylic acids is 1. The van der Waals surface area contributed by atoms with Gasteiger partial charge in [0.25, 0.3) is 0 Å². The highest BCUT2D eigenvalue weighted by molar-refractivity contribution is 7.89. The standard InChI is InChI=1S/C24H33NO6S/c1-15-19-12-17(24(19,2)3)13-21(15)31-23(26)16-6-8-25(9-7-16)32(27,28)18-4-5-20-22(14-18)30-11-10-29-20/h4-5,14-17,19,21H,6-13H2,1-3H3. The predicted octanol–water partition coefficient (Wildman–Crippen LogP) is 3.47. The maximum absolute atomic E-state index is 13.1. The van der Waals surface area contributed by atoms with Crippen molar-refractivity contribution in [3.63, 3.8) is 0 Å². The van der Waals surface area contributed by atoms with Crippen LogP contribution in [0.15, 0.2) is 23.1 Å². The van der Waals surface area contributed by atoms with Crippen molar-refractivity contribution in [3.05, 3.63) is 18.2 Å². The zero-order valence-corrected chi connectivity index (χ0v) is 19.9. The van der Waals surface area contributed by atoms with Crippen molar-refractivity contribution >= 4 is 16.0 Å².